The Kier molecular flexibility index (Phi) is 3.10. The van der Waals surface area contributed by atoms with E-state index < -0.39 is 5.54 Å². The minimum Gasteiger partial charge on any atom is -0.354 e. The maximum atomic E-state index is 11.7. The highest BCUT2D eigenvalue weighted by Crippen LogP contribution is 2.06. The van der Waals surface area contributed by atoms with Crippen LogP contribution >= 0.6 is 0 Å². The first kappa shape index (κ1) is 11.0. The van der Waals surface area contributed by atoms with Gasteiger partial charge in [0.1, 0.15) is 0 Å². The van der Waals surface area contributed by atoms with Gasteiger partial charge in [-0.15, -0.1) is 0 Å². The van der Waals surface area contributed by atoms with Crippen LogP contribution in [-0.2, 0) is 9.59 Å². The lowest BCUT2D eigenvalue weighted by Crippen LogP contribution is -2.52. The molecule has 3 N–H and O–H groups in total. The van der Waals surface area contributed by atoms with Crippen molar-refractivity contribution in [3.8, 4) is 0 Å². The van der Waals surface area contributed by atoms with Crippen LogP contribution in [0.15, 0.2) is 0 Å². The van der Waals surface area contributed by atoms with E-state index in [1.165, 1.54) is 4.90 Å². The molecule has 1 saturated heterocycles. The van der Waals surface area contributed by atoms with Gasteiger partial charge in [0.25, 0.3) is 0 Å². The Hall–Kier alpha value is -1.10. The second kappa shape index (κ2) is 3.96. The van der Waals surface area contributed by atoms with Crippen LogP contribution in [0.5, 0.6) is 0 Å². The van der Waals surface area contributed by atoms with E-state index in [4.69, 9.17) is 5.73 Å². The van der Waals surface area contributed by atoms with Gasteiger partial charge in [0.2, 0.25) is 11.8 Å². The van der Waals surface area contributed by atoms with Gasteiger partial charge in [-0.1, -0.05) is 0 Å². The Balaban J connectivity index is 2.66. The van der Waals surface area contributed by atoms with Gasteiger partial charge in [-0.05, 0) is 20.3 Å². The molecule has 0 unspecified atom stereocenters. The highest BCUT2D eigenvalue weighted by atomic mass is 16.2. The SMILES string of the molecule is CC(C)(N)C(=O)N1CCCNC(=O)C1. The number of hydrogen-bond acceptors (Lipinski definition) is 3. The van der Waals surface area contributed by atoms with Crippen LogP contribution in [0.4, 0.5) is 0 Å². The molecule has 2 amide bonds. The maximum Gasteiger partial charge on any atom is 0.242 e. The second-order valence-corrected chi connectivity index (χ2v) is 4.15. The molecule has 1 heterocycles. The van der Waals surface area contributed by atoms with Crippen LogP contribution in [0.3, 0.4) is 0 Å². The van der Waals surface area contributed by atoms with E-state index in [2.05, 4.69) is 5.32 Å². The van der Waals surface area contributed by atoms with Gasteiger partial charge in [0.05, 0.1) is 12.1 Å². The standard InChI is InChI=1S/C9H17N3O2/c1-9(2,10)8(14)12-5-3-4-11-7(13)6-12/h3-6,10H2,1-2H3,(H,11,13). The highest BCUT2D eigenvalue weighted by Gasteiger charge is 2.29. The summed E-state index contributed by atoms with van der Waals surface area (Å²) in [7, 11) is 0. The summed E-state index contributed by atoms with van der Waals surface area (Å²) in [6.07, 6.45) is 0.785. The quantitative estimate of drug-likeness (QED) is 0.573. The number of hydrogen-bond donors (Lipinski definition) is 2. The molecule has 1 rings (SSSR count). The van der Waals surface area contributed by atoms with Crippen LogP contribution < -0.4 is 11.1 Å². The lowest BCUT2D eigenvalue weighted by Gasteiger charge is -2.27. The zero-order valence-electron chi connectivity index (χ0n) is 8.67. The number of amides is 2. The third-order valence-corrected chi connectivity index (χ3v) is 2.10. The van der Waals surface area contributed by atoms with E-state index in [-0.39, 0.29) is 18.4 Å². The van der Waals surface area contributed by atoms with Gasteiger partial charge in [-0.3, -0.25) is 9.59 Å². The third-order valence-electron chi connectivity index (χ3n) is 2.10. The molecule has 0 aliphatic carbocycles. The minimum atomic E-state index is -0.898. The summed E-state index contributed by atoms with van der Waals surface area (Å²) in [5.41, 5.74) is 4.79. The molecule has 5 heteroatoms. The summed E-state index contributed by atoms with van der Waals surface area (Å²) in [6.45, 7) is 4.65. The van der Waals surface area contributed by atoms with Crippen LogP contribution in [-0.4, -0.2) is 41.9 Å². The molecule has 0 aromatic heterocycles. The molecule has 1 fully saturated rings. The topological polar surface area (TPSA) is 75.4 Å². The van der Waals surface area contributed by atoms with Crippen molar-refractivity contribution in [2.75, 3.05) is 19.6 Å². The molecule has 14 heavy (non-hydrogen) atoms. The fourth-order valence-electron chi connectivity index (χ4n) is 1.39. The Morgan fingerprint density at radius 3 is 2.79 bits per heavy atom. The summed E-state index contributed by atoms with van der Waals surface area (Å²) in [6, 6.07) is 0. The van der Waals surface area contributed by atoms with Crippen molar-refractivity contribution in [3.63, 3.8) is 0 Å². The first-order chi connectivity index (χ1) is 6.41. The average Bonchev–Trinajstić information content (AvgIpc) is 2.26. The third kappa shape index (κ3) is 2.70. The van der Waals surface area contributed by atoms with Crippen molar-refractivity contribution in [2.24, 2.45) is 5.73 Å². The van der Waals surface area contributed by atoms with E-state index in [1.54, 1.807) is 13.8 Å². The normalized spacial score (nSPS) is 18.8. The van der Waals surface area contributed by atoms with Gasteiger partial charge >= 0.3 is 0 Å². The van der Waals surface area contributed by atoms with Crippen molar-refractivity contribution in [1.82, 2.24) is 10.2 Å². The van der Waals surface area contributed by atoms with Crippen molar-refractivity contribution < 1.29 is 9.59 Å². The van der Waals surface area contributed by atoms with Crippen LogP contribution in [0, 0.1) is 0 Å². The Bertz CT molecular complexity index is 245. The van der Waals surface area contributed by atoms with Crippen LogP contribution in [0.25, 0.3) is 0 Å². The van der Waals surface area contributed by atoms with Crippen molar-refractivity contribution in [1.29, 1.82) is 0 Å². The van der Waals surface area contributed by atoms with Gasteiger partial charge in [-0.2, -0.15) is 0 Å². The highest BCUT2D eigenvalue weighted by molar-refractivity contribution is 5.89. The number of carbonyl (C=O) groups excluding carboxylic acids is 2. The summed E-state index contributed by atoms with van der Waals surface area (Å²) in [5, 5.41) is 2.71. The molecule has 0 aromatic rings. The molecular weight excluding hydrogens is 182 g/mol. The number of nitrogens with one attached hydrogen (secondary N) is 1. The molecule has 0 saturated carbocycles. The van der Waals surface area contributed by atoms with Crippen molar-refractivity contribution >= 4 is 11.8 Å². The monoisotopic (exact) mass is 199 g/mol. The molecule has 1 aliphatic heterocycles. The molecule has 0 aromatic carbocycles. The van der Waals surface area contributed by atoms with Gasteiger partial charge in [0, 0.05) is 13.1 Å². The van der Waals surface area contributed by atoms with E-state index >= 15 is 0 Å². The largest absolute Gasteiger partial charge is 0.354 e. The predicted molar refractivity (Wildman–Crippen MR) is 52.5 cm³/mol. The molecule has 80 valence electrons. The first-order valence-electron chi connectivity index (χ1n) is 4.76. The minimum absolute atomic E-state index is 0.111. The molecule has 0 atom stereocenters. The second-order valence-electron chi connectivity index (χ2n) is 4.15. The number of carbonyl (C=O) groups is 2. The Morgan fingerprint density at radius 1 is 1.57 bits per heavy atom. The van der Waals surface area contributed by atoms with Crippen molar-refractivity contribution in [3.05, 3.63) is 0 Å². The van der Waals surface area contributed by atoms with E-state index in [0.717, 1.165) is 6.42 Å². The van der Waals surface area contributed by atoms with Crippen LogP contribution in [0.2, 0.25) is 0 Å². The first-order valence-corrected chi connectivity index (χ1v) is 4.76. The fourth-order valence-corrected chi connectivity index (χ4v) is 1.39. The van der Waals surface area contributed by atoms with E-state index in [1.807, 2.05) is 0 Å². The predicted octanol–water partition coefficient (Wildman–Crippen LogP) is -0.928. The van der Waals surface area contributed by atoms with E-state index in [0.29, 0.717) is 13.1 Å². The van der Waals surface area contributed by atoms with Gasteiger partial charge in [0.15, 0.2) is 0 Å². The maximum absolute atomic E-state index is 11.7. The zero-order valence-corrected chi connectivity index (χ0v) is 8.67. The Labute approximate surface area is 83.6 Å². The summed E-state index contributed by atoms with van der Waals surface area (Å²) in [4.78, 5) is 24.4. The molecule has 0 spiro atoms. The summed E-state index contributed by atoms with van der Waals surface area (Å²) in [5.74, 6) is -0.283. The lowest BCUT2D eigenvalue weighted by molar-refractivity contribution is -0.138. The summed E-state index contributed by atoms with van der Waals surface area (Å²) >= 11 is 0. The molecule has 0 bridgehead atoms. The molecule has 5 nitrogen and oxygen atoms in total. The van der Waals surface area contributed by atoms with E-state index in [9.17, 15) is 9.59 Å². The summed E-state index contributed by atoms with van der Waals surface area (Å²) < 4.78 is 0. The zero-order chi connectivity index (χ0) is 10.8. The van der Waals surface area contributed by atoms with Gasteiger partial charge < -0.3 is 16.0 Å². The average molecular weight is 199 g/mol. The number of rotatable bonds is 1. The molecular formula is C9H17N3O2. The van der Waals surface area contributed by atoms with Crippen molar-refractivity contribution in [2.45, 2.75) is 25.8 Å². The number of nitrogens with two attached hydrogens (primary N) is 1. The number of nitrogens with zero attached hydrogens (tertiary/aromatic N) is 1. The molecule has 1 aliphatic rings. The lowest BCUT2D eigenvalue weighted by atomic mass is 10.1. The molecule has 0 radical (unpaired) electrons. The fraction of sp³-hybridized carbons (Fsp3) is 0.778. The van der Waals surface area contributed by atoms with Gasteiger partial charge in [-0.25, -0.2) is 0 Å². The van der Waals surface area contributed by atoms with Crippen LogP contribution in [0.1, 0.15) is 20.3 Å². The smallest absolute Gasteiger partial charge is 0.242 e. The Morgan fingerprint density at radius 2 is 2.21 bits per heavy atom.